The van der Waals surface area contributed by atoms with Crippen LogP contribution in [-0.4, -0.2) is 26.4 Å². The summed E-state index contributed by atoms with van der Waals surface area (Å²) in [5, 5.41) is 9.29. The lowest BCUT2D eigenvalue weighted by atomic mass is 10.0. The zero-order valence-corrected chi connectivity index (χ0v) is 12.8. The molecule has 0 aliphatic carbocycles. The molecule has 2 aromatic rings. The van der Waals surface area contributed by atoms with Crippen LogP contribution in [0.25, 0.3) is 11.1 Å². The van der Waals surface area contributed by atoms with E-state index >= 15 is 0 Å². The molecule has 2 aromatic carbocycles. The van der Waals surface area contributed by atoms with Gasteiger partial charge in [-0.15, -0.1) is 0 Å². The highest BCUT2D eigenvalue weighted by Crippen LogP contribution is 2.41. The summed E-state index contributed by atoms with van der Waals surface area (Å²) in [5.41, 5.74) is 1.94. The fourth-order valence-electron chi connectivity index (χ4n) is 2.29. The van der Waals surface area contributed by atoms with Gasteiger partial charge in [-0.1, -0.05) is 18.2 Å². The lowest BCUT2D eigenvalue weighted by Crippen LogP contribution is -2.03. The SMILES string of the molecule is COc1c(-c2cccc(CO)c2)ccc(=O)c(OC)c1OC. The van der Waals surface area contributed by atoms with Crippen LogP contribution in [0.3, 0.4) is 0 Å². The molecule has 0 bridgehead atoms. The monoisotopic (exact) mass is 302 g/mol. The van der Waals surface area contributed by atoms with Crippen molar-refractivity contribution < 1.29 is 19.3 Å². The maximum absolute atomic E-state index is 12.1. The number of hydrogen-bond donors (Lipinski definition) is 1. The van der Waals surface area contributed by atoms with Crippen LogP contribution in [0, 0.1) is 0 Å². The minimum absolute atomic E-state index is 0.0671. The van der Waals surface area contributed by atoms with E-state index < -0.39 is 0 Å². The van der Waals surface area contributed by atoms with Crippen LogP contribution in [0.4, 0.5) is 0 Å². The molecule has 1 N–H and O–H groups in total. The average Bonchev–Trinajstić information content (AvgIpc) is 2.70. The molecule has 0 heterocycles. The Hall–Kier alpha value is -2.53. The fourth-order valence-corrected chi connectivity index (χ4v) is 2.29. The van der Waals surface area contributed by atoms with Gasteiger partial charge in [-0.3, -0.25) is 4.79 Å². The molecule has 0 saturated carbocycles. The van der Waals surface area contributed by atoms with Crippen LogP contribution >= 0.6 is 0 Å². The minimum atomic E-state index is -0.304. The molecule has 116 valence electrons. The van der Waals surface area contributed by atoms with E-state index in [0.717, 1.165) is 11.1 Å². The number of benzene rings is 1. The standard InChI is InChI=1S/C17H18O5/c1-20-15-13(12-6-4-5-11(9-12)10-18)7-8-14(19)16(21-2)17(15)22-3/h4-9,18H,10H2,1-3H3. The molecule has 22 heavy (non-hydrogen) atoms. The Labute approximate surface area is 128 Å². The molecule has 0 aliphatic heterocycles. The summed E-state index contributed by atoms with van der Waals surface area (Å²) >= 11 is 0. The summed E-state index contributed by atoms with van der Waals surface area (Å²) in [7, 11) is 4.36. The van der Waals surface area contributed by atoms with E-state index in [-0.39, 0.29) is 23.5 Å². The van der Waals surface area contributed by atoms with E-state index in [2.05, 4.69) is 0 Å². The molecule has 5 nitrogen and oxygen atoms in total. The van der Waals surface area contributed by atoms with Crippen molar-refractivity contribution >= 4 is 0 Å². The zero-order valence-electron chi connectivity index (χ0n) is 12.8. The predicted octanol–water partition coefficient (Wildman–Crippen LogP) is 2.23. The number of ether oxygens (including phenoxy) is 3. The number of hydrogen-bond acceptors (Lipinski definition) is 5. The first kappa shape index (κ1) is 15.9. The molecule has 0 amide bonds. The molecule has 0 spiro atoms. The van der Waals surface area contributed by atoms with Crippen molar-refractivity contribution in [3.8, 4) is 28.4 Å². The van der Waals surface area contributed by atoms with Gasteiger partial charge in [0.25, 0.3) is 0 Å². The average molecular weight is 302 g/mol. The van der Waals surface area contributed by atoms with Gasteiger partial charge < -0.3 is 19.3 Å². The Bertz CT molecular complexity index is 725. The zero-order chi connectivity index (χ0) is 16.1. The van der Waals surface area contributed by atoms with Crippen molar-refractivity contribution in [3.05, 3.63) is 52.2 Å². The largest absolute Gasteiger partial charge is 0.492 e. The normalized spacial score (nSPS) is 10.2. The first-order valence-corrected chi connectivity index (χ1v) is 6.69. The van der Waals surface area contributed by atoms with Gasteiger partial charge in [0.15, 0.2) is 5.75 Å². The first-order chi connectivity index (χ1) is 10.7. The second-order valence-electron chi connectivity index (χ2n) is 4.57. The smallest absolute Gasteiger partial charge is 0.224 e. The molecule has 0 unspecified atom stereocenters. The Morgan fingerprint density at radius 1 is 0.909 bits per heavy atom. The lowest BCUT2D eigenvalue weighted by Gasteiger charge is -2.12. The lowest BCUT2D eigenvalue weighted by molar-refractivity contribution is 0.282. The maximum atomic E-state index is 12.1. The molecule has 0 aliphatic rings. The van der Waals surface area contributed by atoms with Crippen LogP contribution in [-0.2, 0) is 6.61 Å². The number of rotatable bonds is 5. The Kier molecular flexibility index (Phi) is 5.01. The van der Waals surface area contributed by atoms with Gasteiger partial charge in [0.1, 0.15) is 0 Å². The summed E-state index contributed by atoms with van der Waals surface area (Å²) in [4.78, 5) is 12.1. The number of methoxy groups -OCH3 is 3. The third kappa shape index (κ3) is 2.89. The quantitative estimate of drug-likeness (QED) is 0.917. The highest BCUT2D eigenvalue weighted by Gasteiger charge is 2.18. The predicted molar refractivity (Wildman–Crippen MR) is 83.7 cm³/mol. The van der Waals surface area contributed by atoms with Crippen LogP contribution in [0.15, 0.2) is 41.2 Å². The van der Waals surface area contributed by atoms with Gasteiger partial charge in [-0.25, -0.2) is 0 Å². The van der Waals surface area contributed by atoms with Gasteiger partial charge in [-0.2, -0.15) is 0 Å². The van der Waals surface area contributed by atoms with Gasteiger partial charge >= 0.3 is 0 Å². The first-order valence-electron chi connectivity index (χ1n) is 6.69. The molecular formula is C17H18O5. The second-order valence-corrected chi connectivity index (χ2v) is 4.57. The molecule has 0 atom stereocenters. The summed E-state index contributed by atoms with van der Waals surface area (Å²) in [6.45, 7) is -0.0671. The van der Waals surface area contributed by atoms with Crippen LogP contribution in [0.2, 0.25) is 0 Å². The molecule has 0 aromatic heterocycles. The van der Waals surface area contributed by atoms with Crippen molar-refractivity contribution in [2.45, 2.75) is 6.61 Å². The highest BCUT2D eigenvalue weighted by molar-refractivity contribution is 5.75. The summed E-state index contributed by atoms with van der Waals surface area (Å²) in [5.74, 6) is 0.727. The molecular weight excluding hydrogens is 284 g/mol. The van der Waals surface area contributed by atoms with E-state index in [9.17, 15) is 9.90 Å². The van der Waals surface area contributed by atoms with Crippen molar-refractivity contribution in [3.63, 3.8) is 0 Å². The third-order valence-electron chi connectivity index (χ3n) is 3.32. The Morgan fingerprint density at radius 3 is 2.18 bits per heavy atom. The highest BCUT2D eigenvalue weighted by atomic mass is 16.5. The van der Waals surface area contributed by atoms with Crippen LogP contribution in [0.1, 0.15) is 5.56 Å². The van der Waals surface area contributed by atoms with Gasteiger partial charge in [-0.05, 0) is 29.3 Å². The Balaban J connectivity index is 2.81. The molecule has 2 rings (SSSR count). The minimum Gasteiger partial charge on any atom is -0.492 e. The van der Waals surface area contributed by atoms with E-state index in [1.165, 1.54) is 27.4 Å². The molecule has 0 saturated heterocycles. The van der Waals surface area contributed by atoms with Gasteiger partial charge in [0, 0.05) is 5.56 Å². The number of aliphatic hydroxyl groups excluding tert-OH is 1. The Morgan fingerprint density at radius 2 is 1.59 bits per heavy atom. The van der Waals surface area contributed by atoms with Crippen molar-refractivity contribution in [1.82, 2.24) is 0 Å². The van der Waals surface area contributed by atoms with Crippen LogP contribution in [0.5, 0.6) is 17.2 Å². The second kappa shape index (κ2) is 6.95. The summed E-state index contributed by atoms with van der Waals surface area (Å²) in [6, 6.07) is 10.4. The van der Waals surface area contributed by atoms with Gasteiger partial charge in [0.2, 0.25) is 16.9 Å². The fraction of sp³-hybridized carbons (Fsp3) is 0.235. The molecule has 5 heteroatoms. The van der Waals surface area contributed by atoms with Crippen molar-refractivity contribution in [2.24, 2.45) is 0 Å². The van der Waals surface area contributed by atoms with Gasteiger partial charge in [0.05, 0.1) is 27.9 Å². The van der Waals surface area contributed by atoms with Crippen LogP contribution < -0.4 is 19.6 Å². The topological polar surface area (TPSA) is 65.0 Å². The molecule has 0 radical (unpaired) electrons. The van der Waals surface area contributed by atoms with E-state index in [4.69, 9.17) is 14.2 Å². The maximum Gasteiger partial charge on any atom is 0.224 e. The van der Waals surface area contributed by atoms with Crippen molar-refractivity contribution in [1.29, 1.82) is 0 Å². The summed E-state index contributed by atoms with van der Waals surface area (Å²) < 4.78 is 15.9. The summed E-state index contributed by atoms with van der Waals surface area (Å²) in [6.07, 6.45) is 0. The van der Waals surface area contributed by atoms with Crippen molar-refractivity contribution in [2.75, 3.05) is 21.3 Å². The number of aliphatic hydroxyl groups is 1. The van der Waals surface area contributed by atoms with E-state index in [1.807, 2.05) is 24.3 Å². The van der Waals surface area contributed by atoms with E-state index in [1.54, 1.807) is 6.07 Å². The third-order valence-corrected chi connectivity index (χ3v) is 3.32. The molecule has 0 fully saturated rings. The van der Waals surface area contributed by atoms with E-state index in [0.29, 0.717) is 11.3 Å².